The van der Waals surface area contributed by atoms with Gasteiger partial charge in [-0.15, -0.1) is 0 Å². The van der Waals surface area contributed by atoms with Gasteiger partial charge in [0, 0.05) is 50.7 Å². The molecule has 1 saturated heterocycles. The van der Waals surface area contributed by atoms with E-state index in [0.29, 0.717) is 37.7 Å². The van der Waals surface area contributed by atoms with E-state index < -0.39 is 0 Å². The molecule has 0 unspecified atom stereocenters. The van der Waals surface area contributed by atoms with Gasteiger partial charge in [0.1, 0.15) is 11.5 Å². The molecule has 1 aliphatic heterocycles. The lowest BCUT2D eigenvalue weighted by molar-refractivity contribution is 0.0319. The van der Waals surface area contributed by atoms with Crippen molar-refractivity contribution < 1.29 is 13.9 Å². The highest BCUT2D eigenvalue weighted by Crippen LogP contribution is 2.18. The quantitative estimate of drug-likeness (QED) is 0.649. The molecule has 7 nitrogen and oxygen atoms in total. The van der Waals surface area contributed by atoms with E-state index in [1.165, 1.54) is 12.1 Å². The highest BCUT2D eigenvalue weighted by atomic mass is 19.1. The number of carbonyl (C=O) groups is 1. The van der Waals surface area contributed by atoms with E-state index in [-0.39, 0.29) is 11.7 Å². The van der Waals surface area contributed by atoms with Gasteiger partial charge in [-0.05, 0) is 35.9 Å². The van der Waals surface area contributed by atoms with Gasteiger partial charge in [0.2, 0.25) is 0 Å². The summed E-state index contributed by atoms with van der Waals surface area (Å²) in [6.07, 6.45) is 3.40. The Labute approximate surface area is 174 Å². The molecule has 30 heavy (non-hydrogen) atoms. The average Bonchev–Trinajstić information content (AvgIpc) is 3.29. The molecule has 0 bridgehead atoms. The van der Waals surface area contributed by atoms with Crippen LogP contribution in [-0.4, -0.2) is 70.3 Å². The van der Waals surface area contributed by atoms with Crippen LogP contribution in [0.3, 0.4) is 0 Å². The molecule has 3 heterocycles. The molecule has 2 aromatic heterocycles. The first-order valence-electron chi connectivity index (χ1n) is 9.99. The lowest BCUT2D eigenvalue weighted by Crippen LogP contribution is -2.43. The van der Waals surface area contributed by atoms with E-state index in [1.807, 2.05) is 12.1 Å². The van der Waals surface area contributed by atoms with Gasteiger partial charge in [-0.2, -0.15) is 5.10 Å². The van der Waals surface area contributed by atoms with Crippen molar-refractivity contribution in [3.63, 3.8) is 0 Å². The number of ether oxygens (including phenoxy) is 1. The van der Waals surface area contributed by atoms with Gasteiger partial charge < -0.3 is 9.64 Å². The molecule has 0 aliphatic carbocycles. The highest BCUT2D eigenvalue weighted by molar-refractivity contribution is 5.93. The van der Waals surface area contributed by atoms with Crippen LogP contribution in [0.1, 0.15) is 16.1 Å². The number of hydrogen-bond donors (Lipinski definition) is 1. The van der Waals surface area contributed by atoms with Crippen LogP contribution >= 0.6 is 0 Å². The summed E-state index contributed by atoms with van der Waals surface area (Å²) in [6, 6.07) is 11.7. The molecule has 0 radical (unpaired) electrons. The van der Waals surface area contributed by atoms with Gasteiger partial charge in [-0.25, -0.2) is 4.39 Å². The van der Waals surface area contributed by atoms with E-state index in [4.69, 9.17) is 4.74 Å². The van der Waals surface area contributed by atoms with Crippen molar-refractivity contribution in [1.82, 2.24) is 25.0 Å². The van der Waals surface area contributed by atoms with E-state index in [9.17, 15) is 9.18 Å². The Balaban J connectivity index is 1.50. The Morgan fingerprint density at radius 3 is 2.73 bits per heavy atom. The fourth-order valence-electron chi connectivity index (χ4n) is 3.41. The standard InChI is InChI=1S/C22H24FN5O2/c23-19-5-3-17(4-6-19)16-28(9-8-27-10-12-30-13-11-27)22(29)21-14-20(25-26-21)18-2-1-7-24-15-18/h1-7,14-15H,8-13,16H2,(H,25,26). The van der Waals surface area contributed by atoms with Crippen molar-refractivity contribution in [1.29, 1.82) is 0 Å². The van der Waals surface area contributed by atoms with Crippen LogP contribution < -0.4 is 0 Å². The SMILES string of the molecule is O=C(c1cc(-c2cccnc2)n[nH]1)N(CCN1CCOCC1)Cc1ccc(F)cc1. The van der Waals surface area contributed by atoms with E-state index in [1.54, 1.807) is 35.5 Å². The van der Waals surface area contributed by atoms with Gasteiger partial charge >= 0.3 is 0 Å². The molecule has 1 fully saturated rings. The average molecular weight is 409 g/mol. The zero-order valence-electron chi connectivity index (χ0n) is 16.6. The number of aromatic amines is 1. The molecule has 1 N–H and O–H groups in total. The Morgan fingerprint density at radius 2 is 2.00 bits per heavy atom. The zero-order chi connectivity index (χ0) is 20.8. The van der Waals surface area contributed by atoms with Crippen molar-refractivity contribution in [3.05, 3.63) is 71.9 Å². The Hall–Kier alpha value is -3.10. The van der Waals surface area contributed by atoms with Crippen LogP contribution in [-0.2, 0) is 11.3 Å². The molecule has 0 saturated carbocycles. The third kappa shape index (κ3) is 5.08. The van der Waals surface area contributed by atoms with E-state index in [0.717, 1.165) is 30.8 Å². The van der Waals surface area contributed by atoms with E-state index in [2.05, 4.69) is 20.1 Å². The van der Waals surface area contributed by atoms with Crippen molar-refractivity contribution in [2.75, 3.05) is 39.4 Å². The first-order chi connectivity index (χ1) is 14.7. The molecule has 3 aromatic rings. The maximum Gasteiger partial charge on any atom is 0.272 e. The zero-order valence-corrected chi connectivity index (χ0v) is 16.6. The molecule has 4 rings (SSSR count). The Morgan fingerprint density at radius 1 is 1.20 bits per heavy atom. The van der Waals surface area contributed by atoms with Crippen molar-refractivity contribution in [2.24, 2.45) is 0 Å². The number of amides is 1. The number of nitrogens with zero attached hydrogens (tertiary/aromatic N) is 4. The number of carbonyl (C=O) groups excluding carboxylic acids is 1. The summed E-state index contributed by atoms with van der Waals surface area (Å²) in [5.41, 5.74) is 2.80. The summed E-state index contributed by atoms with van der Waals surface area (Å²) in [4.78, 5) is 21.4. The highest BCUT2D eigenvalue weighted by Gasteiger charge is 2.21. The number of benzene rings is 1. The normalized spacial score (nSPS) is 14.6. The van der Waals surface area contributed by atoms with Crippen LogP contribution in [0.4, 0.5) is 4.39 Å². The second-order valence-corrected chi connectivity index (χ2v) is 7.22. The van der Waals surface area contributed by atoms with E-state index >= 15 is 0 Å². The van der Waals surface area contributed by atoms with Crippen LogP contribution in [0.5, 0.6) is 0 Å². The number of hydrogen-bond acceptors (Lipinski definition) is 5. The number of morpholine rings is 1. The van der Waals surface area contributed by atoms with Crippen molar-refractivity contribution in [2.45, 2.75) is 6.54 Å². The van der Waals surface area contributed by atoms with Gasteiger partial charge in [0.25, 0.3) is 5.91 Å². The second kappa shape index (κ2) is 9.60. The first-order valence-corrected chi connectivity index (χ1v) is 9.99. The minimum Gasteiger partial charge on any atom is -0.379 e. The number of rotatable bonds is 7. The molecule has 1 aromatic carbocycles. The second-order valence-electron chi connectivity index (χ2n) is 7.22. The summed E-state index contributed by atoms with van der Waals surface area (Å²) in [6.45, 7) is 4.82. The van der Waals surface area contributed by atoms with Crippen LogP contribution in [0.2, 0.25) is 0 Å². The predicted octanol–water partition coefficient (Wildman–Crippen LogP) is 2.59. The molecule has 1 amide bonds. The van der Waals surface area contributed by atoms with Crippen molar-refractivity contribution >= 4 is 5.91 Å². The fraction of sp³-hybridized carbons (Fsp3) is 0.318. The molecule has 156 valence electrons. The first kappa shape index (κ1) is 20.2. The molecular weight excluding hydrogens is 385 g/mol. The third-order valence-corrected chi connectivity index (χ3v) is 5.13. The minimum atomic E-state index is -0.292. The Bertz CT molecular complexity index is 955. The van der Waals surface area contributed by atoms with Crippen LogP contribution in [0.25, 0.3) is 11.3 Å². The Kier molecular flexibility index (Phi) is 6.46. The van der Waals surface area contributed by atoms with Gasteiger partial charge in [0.05, 0.1) is 18.9 Å². The number of halogens is 1. The summed E-state index contributed by atoms with van der Waals surface area (Å²) in [5.74, 6) is -0.435. The maximum absolute atomic E-state index is 13.3. The third-order valence-electron chi connectivity index (χ3n) is 5.13. The number of nitrogens with one attached hydrogen (secondary N) is 1. The summed E-state index contributed by atoms with van der Waals surface area (Å²) in [5, 5.41) is 7.12. The number of H-pyrrole nitrogens is 1. The topological polar surface area (TPSA) is 74.4 Å². The lowest BCUT2D eigenvalue weighted by atomic mass is 10.2. The molecule has 8 heteroatoms. The van der Waals surface area contributed by atoms with Crippen LogP contribution in [0.15, 0.2) is 54.9 Å². The summed E-state index contributed by atoms with van der Waals surface area (Å²) < 4.78 is 18.7. The fourth-order valence-corrected chi connectivity index (χ4v) is 3.41. The monoisotopic (exact) mass is 409 g/mol. The van der Waals surface area contributed by atoms with Gasteiger partial charge in [-0.3, -0.25) is 19.8 Å². The van der Waals surface area contributed by atoms with Crippen LogP contribution in [0, 0.1) is 5.82 Å². The van der Waals surface area contributed by atoms with Gasteiger partial charge in [-0.1, -0.05) is 12.1 Å². The number of pyridine rings is 1. The number of aromatic nitrogens is 3. The van der Waals surface area contributed by atoms with Gasteiger partial charge in [0.15, 0.2) is 0 Å². The largest absolute Gasteiger partial charge is 0.379 e. The lowest BCUT2D eigenvalue weighted by Gasteiger charge is -2.30. The minimum absolute atomic E-state index is 0.143. The smallest absolute Gasteiger partial charge is 0.272 e. The molecular formula is C22H24FN5O2. The summed E-state index contributed by atoms with van der Waals surface area (Å²) in [7, 11) is 0. The molecule has 1 aliphatic rings. The predicted molar refractivity (Wildman–Crippen MR) is 110 cm³/mol. The van der Waals surface area contributed by atoms with Crippen molar-refractivity contribution in [3.8, 4) is 11.3 Å². The molecule has 0 spiro atoms. The summed E-state index contributed by atoms with van der Waals surface area (Å²) >= 11 is 0. The maximum atomic E-state index is 13.3. The molecule has 0 atom stereocenters.